The Morgan fingerprint density at radius 1 is 1.00 bits per heavy atom. The molecule has 0 saturated heterocycles. The summed E-state index contributed by atoms with van der Waals surface area (Å²) in [7, 11) is 1.77. The Morgan fingerprint density at radius 2 is 1.50 bits per heavy atom. The summed E-state index contributed by atoms with van der Waals surface area (Å²) in [5.41, 5.74) is 2.03. The summed E-state index contributed by atoms with van der Waals surface area (Å²) in [4.78, 5) is 14.3. The van der Waals surface area contributed by atoms with Crippen LogP contribution in [0.2, 0.25) is 0 Å². The smallest absolute Gasteiger partial charge is 0.223 e. The molecule has 0 aliphatic heterocycles. The zero-order valence-electron chi connectivity index (χ0n) is 14.7. The molecule has 1 unspecified atom stereocenters. The van der Waals surface area contributed by atoms with Crippen LogP contribution < -0.4 is 0 Å². The van der Waals surface area contributed by atoms with Gasteiger partial charge in [0.1, 0.15) is 0 Å². The number of aliphatic hydroxyl groups excluding tert-OH is 1. The second-order valence-corrected chi connectivity index (χ2v) is 6.32. The maximum absolute atomic E-state index is 12.7. The highest BCUT2D eigenvalue weighted by atomic mass is 16.3. The summed E-state index contributed by atoms with van der Waals surface area (Å²) < 4.78 is 0. The molecule has 0 fully saturated rings. The van der Waals surface area contributed by atoms with Gasteiger partial charge in [-0.15, -0.1) is 0 Å². The molecule has 3 nitrogen and oxygen atoms in total. The summed E-state index contributed by atoms with van der Waals surface area (Å²) in [6, 6.07) is 19.4. The molecule has 2 aromatic carbocycles. The molecule has 128 valence electrons. The van der Waals surface area contributed by atoms with Crippen LogP contribution in [-0.4, -0.2) is 29.0 Å². The molecule has 0 aliphatic carbocycles. The van der Waals surface area contributed by atoms with Crippen LogP contribution in [-0.2, 0) is 4.79 Å². The molecule has 3 heteroatoms. The van der Waals surface area contributed by atoms with Crippen molar-refractivity contribution >= 4 is 5.91 Å². The van der Waals surface area contributed by atoms with Gasteiger partial charge in [0.25, 0.3) is 0 Å². The first kappa shape index (κ1) is 18.2. The molecule has 1 N–H and O–H groups in total. The van der Waals surface area contributed by atoms with E-state index in [-0.39, 0.29) is 17.9 Å². The van der Waals surface area contributed by atoms with E-state index in [2.05, 4.69) is 19.1 Å². The summed E-state index contributed by atoms with van der Waals surface area (Å²) in [6.45, 7) is 3.99. The molecule has 24 heavy (non-hydrogen) atoms. The van der Waals surface area contributed by atoms with Gasteiger partial charge in [0, 0.05) is 13.5 Å². The van der Waals surface area contributed by atoms with Gasteiger partial charge in [-0.3, -0.25) is 4.79 Å². The monoisotopic (exact) mass is 325 g/mol. The minimum Gasteiger partial charge on any atom is -0.386 e. The van der Waals surface area contributed by atoms with Crippen molar-refractivity contribution in [3.8, 4) is 0 Å². The van der Waals surface area contributed by atoms with Crippen LogP contribution in [0.4, 0.5) is 0 Å². The highest BCUT2D eigenvalue weighted by Crippen LogP contribution is 2.26. The normalized spacial score (nSPS) is 14.7. The zero-order valence-corrected chi connectivity index (χ0v) is 14.7. The van der Waals surface area contributed by atoms with Crippen molar-refractivity contribution in [3.63, 3.8) is 0 Å². The quantitative estimate of drug-likeness (QED) is 0.831. The Labute approximate surface area is 144 Å². The van der Waals surface area contributed by atoms with Crippen LogP contribution in [0, 0.1) is 0 Å². The van der Waals surface area contributed by atoms with Crippen molar-refractivity contribution in [1.29, 1.82) is 0 Å². The number of rotatable bonds is 7. The van der Waals surface area contributed by atoms with Crippen molar-refractivity contribution in [2.24, 2.45) is 0 Å². The molecular formula is C21H27NO2. The lowest BCUT2D eigenvalue weighted by molar-refractivity contribution is -0.134. The molecule has 0 spiro atoms. The van der Waals surface area contributed by atoms with Crippen molar-refractivity contribution in [2.45, 2.75) is 44.8 Å². The minimum atomic E-state index is -0.683. The van der Waals surface area contributed by atoms with Gasteiger partial charge in [-0.1, -0.05) is 67.6 Å². The molecule has 0 radical (unpaired) electrons. The molecule has 2 aromatic rings. The van der Waals surface area contributed by atoms with Gasteiger partial charge >= 0.3 is 0 Å². The van der Waals surface area contributed by atoms with E-state index in [1.165, 1.54) is 5.56 Å². The molecule has 1 amide bonds. The fraction of sp³-hybridized carbons (Fsp3) is 0.381. The van der Waals surface area contributed by atoms with Crippen LogP contribution >= 0.6 is 0 Å². The van der Waals surface area contributed by atoms with Crippen molar-refractivity contribution in [1.82, 2.24) is 4.90 Å². The minimum absolute atomic E-state index is 0.0631. The predicted molar refractivity (Wildman–Crippen MR) is 97.7 cm³/mol. The van der Waals surface area contributed by atoms with E-state index in [0.717, 1.165) is 12.0 Å². The van der Waals surface area contributed by atoms with Crippen LogP contribution in [0.25, 0.3) is 0 Å². The number of aliphatic hydroxyl groups is 1. The highest BCUT2D eigenvalue weighted by molar-refractivity contribution is 5.77. The van der Waals surface area contributed by atoms with Crippen molar-refractivity contribution in [2.75, 3.05) is 7.05 Å². The van der Waals surface area contributed by atoms with Crippen LogP contribution in [0.15, 0.2) is 60.7 Å². The second kappa shape index (κ2) is 8.65. The Kier molecular flexibility index (Phi) is 6.56. The predicted octanol–water partition coefficient (Wildman–Crippen LogP) is 4.15. The highest BCUT2D eigenvalue weighted by Gasteiger charge is 2.25. The third-order valence-corrected chi connectivity index (χ3v) is 4.79. The maximum atomic E-state index is 12.7. The van der Waals surface area contributed by atoms with Crippen molar-refractivity contribution in [3.05, 3.63) is 71.8 Å². The van der Waals surface area contributed by atoms with E-state index in [4.69, 9.17) is 0 Å². The third kappa shape index (κ3) is 4.45. The Hall–Kier alpha value is -2.13. The number of amides is 1. The van der Waals surface area contributed by atoms with E-state index in [1.807, 2.05) is 55.5 Å². The Balaban J connectivity index is 2.03. The molecule has 3 atom stereocenters. The summed E-state index contributed by atoms with van der Waals surface area (Å²) in [6.07, 6.45) is 0.694. The number of benzene rings is 2. The second-order valence-electron chi connectivity index (χ2n) is 6.32. The first-order valence-electron chi connectivity index (χ1n) is 8.58. The van der Waals surface area contributed by atoms with Gasteiger partial charge in [0.15, 0.2) is 0 Å². The fourth-order valence-electron chi connectivity index (χ4n) is 2.95. The number of hydrogen-bond donors (Lipinski definition) is 1. The van der Waals surface area contributed by atoms with Gasteiger partial charge in [-0.05, 0) is 30.4 Å². The molecule has 0 saturated carbocycles. The van der Waals surface area contributed by atoms with Gasteiger partial charge in [0.05, 0.1) is 12.1 Å². The summed E-state index contributed by atoms with van der Waals surface area (Å²) in [5, 5.41) is 10.5. The third-order valence-electron chi connectivity index (χ3n) is 4.79. The molecule has 0 aliphatic rings. The Morgan fingerprint density at radius 3 is 2.00 bits per heavy atom. The fourth-order valence-corrected chi connectivity index (χ4v) is 2.95. The lowest BCUT2D eigenvalue weighted by Gasteiger charge is -2.30. The van der Waals surface area contributed by atoms with E-state index in [9.17, 15) is 9.90 Å². The van der Waals surface area contributed by atoms with E-state index in [0.29, 0.717) is 6.42 Å². The van der Waals surface area contributed by atoms with Gasteiger partial charge in [-0.25, -0.2) is 0 Å². The number of nitrogens with zero attached hydrogens (tertiary/aromatic N) is 1. The number of likely N-dealkylation sites (N-methyl/N-ethyl adjacent to an activating group) is 1. The topological polar surface area (TPSA) is 40.5 Å². The molecular weight excluding hydrogens is 298 g/mol. The summed E-state index contributed by atoms with van der Waals surface area (Å²) >= 11 is 0. The average molecular weight is 325 g/mol. The molecule has 0 bridgehead atoms. The molecule has 2 rings (SSSR count). The van der Waals surface area contributed by atoms with Gasteiger partial charge < -0.3 is 10.0 Å². The maximum Gasteiger partial charge on any atom is 0.223 e. The number of carbonyl (C=O) groups is 1. The number of hydrogen-bond acceptors (Lipinski definition) is 2. The van der Waals surface area contributed by atoms with Crippen LogP contribution in [0.5, 0.6) is 0 Å². The lowest BCUT2D eigenvalue weighted by atomic mass is 9.92. The first-order valence-corrected chi connectivity index (χ1v) is 8.58. The largest absolute Gasteiger partial charge is 0.386 e. The van der Waals surface area contributed by atoms with Crippen molar-refractivity contribution < 1.29 is 9.90 Å². The standard InChI is InChI=1S/C21H27NO2/c1-4-17(18-11-7-5-8-12-18)15-20(23)22(3)16(2)21(24)19-13-9-6-10-14-19/h5-14,16-17,21,24H,4,15H2,1-3H3/t16-,17?,21-/m0/s1. The van der Waals surface area contributed by atoms with E-state index in [1.54, 1.807) is 11.9 Å². The molecule has 0 heterocycles. The summed E-state index contributed by atoms with van der Waals surface area (Å²) in [5.74, 6) is 0.274. The van der Waals surface area contributed by atoms with Crippen LogP contribution in [0.1, 0.15) is 49.8 Å². The van der Waals surface area contributed by atoms with Gasteiger partial charge in [-0.2, -0.15) is 0 Å². The lowest BCUT2D eigenvalue weighted by Crippen LogP contribution is -2.39. The zero-order chi connectivity index (χ0) is 17.5. The van der Waals surface area contributed by atoms with Crippen LogP contribution in [0.3, 0.4) is 0 Å². The SMILES string of the molecule is CCC(CC(=O)N(C)[C@@H](C)[C@H](O)c1ccccc1)c1ccccc1. The molecule has 0 aromatic heterocycles. The van der Waals surface area contributed by atoms with E-state index < -0.39 is 6.10 Å². The first-order chi connectivity index (χ1) is 11.5. The number of carbonyl (C=O) groups excluding carboxylic acids is 1. The van der Waals surface area contributed by atoms with Gasteiger partial charge in [0.2, 0.25) is 5.91 Å². The Bertz CT molecular complexity index is 627. The average Bonchev–Trinajstić information content (AvgIpc) is 2.65. The van der Waals surface area contributed by atoms with E-state index >= 15 is 0 Å².